The highest BCUT2D eigenvalue weighted by Crippen LogP contribution is 2.52. The van der Waals surface area contributed by atoms with Crippen LogP contribution in [0.15, 0.2) is 23.1 Å². The van der Waals surface area contributed by atoms with E-state index in [0.717, 1.165) is 29.1 Å². The van der Waals surface area contributed by atoms with E-state index < -0.39 is 6.10 Å². The van der Waals surface area contributed by atoms with Crippen molar-refractivity contribution in [3.05, 3.63) is 23.8 Å². The first-order chi connectivity index (χ1) is 10.0. The fraction of sp³-hybridized carbons (Fsp3) is 0.562. The highest BCUT2D eigenvalue weighted by atomic mass is 32.2. The Labute approximate surface area is 129 Å². The molecule has 116 valence electrons. The van der Waals surface area contributed by atoms with Crippen molar-refractivity contribution in [1.82, 2.24) is 0 Å². The molecule has 1 aliphatic carbocycles. The Hall–Kier alpha value is -1.20. The standard InChI is InChI=1S/C16H22O4S/c1-11(17)15-12(19-2)5-4-6-13(15)21-10-16(7-8-16)9-14(18)20-3/h4-6,11,17H,7-10H2,1-3H3/t11-/m0/s1. The van der Waals surface area contributed by atoms with Gasteiger partial charge in [-0.15, -0.1) is 11.8 Å². The molecule has 0 unspecified atom stereocenters. The summed E-state index contributed by atoms with van der Waals surface area (Å²) in [7, 11) is 3.04. The molecule has 1 N–H and O–H groups in total. The highest BCUT2D eigenvalue weighted by molar-refractivity contribution is 7.99. The third kappa shape index (κ3) is 3.92. The number of carbonyl (C=O) groups is 1. The molecule has 2 rings (SSSR count). The number of methoxy groups -OCH3 is 2. The van der Waals surface area contributed by atoms with Crippen molar-refractivity contribution in [2.45, 2.75) is 37.2 Å². The van der Waals surface area contributed by atoms with E-state index in [2.05, 4.69) is 0 Å². The quantitative estimate of drug-likeness (QED) is 0.619. The largest absolute Gasteiger partial charge is 0.496 e. The lowest BCUT2D eigenvalue weighted by Gasteiger charge is -2.18. The fourth-order valence-electron chi connectivity index (χ4n) is 2.40. The van der Waals surface area contributed by atoms with Crippen LogP contribution in [0.4, 0.5) is 0 Å². The van der Waals surface area contributed by atoms with Crippen LogP contribution in [0, 0.1) is 5.41 Å². The number of aliphatic hydroxyl groups is 1. The Balaban J connectivity index is 2.08. The van der Waals surface area contributed by atoms with E-state index >= 15 is 0 Å². The average molecular weight is 310 g/mol. The molecule has 0 radical (unpaired) electrons. The second kappa shape index (κ2) is 6.71. The van der Waals surface area contributed by atoms with Crippen LogP contribution in [0.25, 0.3) is 0 Å². The van der Waals surface area contributed by atoms with Crippen LogP contribution in [-0.4, -0.2) is 31.0 Å². The summed E-state index contributed by atoms with van der Waals surface area (Å²) in [6, 6.07) is 5.77. The van der Waals surface area contributed by atoms with Gasteiger partial charge in [0.05, 0.1) is 26.7 Å². The van der Waals surface area contributed by atoms with Crippen LogP contribution in [0.1, 0.15) is 37.9 Å². The maximum absolute atomic E-state index is 11.5. The summed E-state index contributed by atoms with van der Waals surface area (Å²) >= 11 is 1.68. The van der Waals surface area contributed by atoms with Crippen LogP contribution < -0.4 is 4.74 Å². The van der Waals surface area contributed by atoms with E-state index in [1.807, 2.05) is 18.2 Å². The molecule has 0 heterocycles. The SMILES string of the molecule is COC(=O)CC1(CSc2cccc(OC)c2[C@H](C)O)CC1. The van der Waals surface area contributed by atoms with Gasteiger partial charge in [0.25, 0.3) is 0 Å². The van der Waals surface area contributed by atoms with Gasteiger partial charge in [-0.25, -0.2) is 0 Å². The van der Waals surface area contributed by atoms with E-state index in [1.165, 1.54) is 7.11 Å². The summed E-state index contributed by atoms with van der Waals surface area (Å²) in [4.78, 5) is 12.5. The molecule has 1 aliphatic rings. The molecule has 0 amide bonds. The second-order valence-corrected chi connectivity index (χ2v) is 6.61. The van der Waals surface area contributed by atoms with Gasteiger partial charge in [-0.3, -0.25) is 4.79 Å². The van der Waals surface area contributed by atoms with Crippen molar-refractivity contribution in [3.63, 3.8) is 0 Å². The molecule has 1 atom stereocenters. The van der Waals surface area contributed by atoms with Crippen molar-refractivity contribution >= 4 is 17.7 Å². The monoisotopic (exact) mass is 310 g/mol. The lowest BCUT2D eigenvalue weighted by atomic mass is 10.1. The van der Waals surface area contributed by atoms with Crippen molar-refractivity contribution in [2.75, 3.05) is 20.0 Å². The van der Waals surface area contributed by atoms with Crippen molar-refractivity contribution in [2.24, 2.45) is 5.41 Å². The number of hydrogen-bond donors (Lipinski definition) is 1. The molecule has 21 heavy (non-hydrogen) atoms. The third-order valence-electron chi connectivity index (χ3n) is 3.90. The highest BCUT2D eigenvalue weighted by Gasteiger charge is 2.44. The molecule has 1 aromatic carbocycles. The number of benzene rings is 1. The summed E-state index contributed by atoms with van der Waals surface area (Å²) in [6.07, 6.45) is 2.01. The van der Waals surface area contributed by atoms with Crippen LogP contribution in [-0.2, 0) is 9.53 Å². The Kier molecular flexibility index (Phi) is 5.17. The number of rotatable bonds is 7. The normalized spacial score (nSPS) is 17.1. The number of aliphatic hydroxyl groups excluding tert-OH is 1. The molecular formula is C16H22O4S. The summed E-state index contributed by atoms with van der Waals surface area (Å²) in [5.41, 5.74) is 0.885. The lowest BCUT2D eigenvalue weighted by Crippen LogP contribution is -2.13. The van der Waals surface area contributed by atoms with E-state index in [0.29, 0.717) is 12.2 Å². The van der Waals surface area contributed by atoms with Gasteiger partial charge in [0, 0.05) is 16.2 Å². The number of hydrogen-bond acceptors (Lipinski definition) is 5. The van der Waals surface area contributed by atoms with E-state index in [4.69, 9.17) is 9.47 Å². The van der Waals surface area contributed by atoms with Crippen LogP contribution in [0.3, 0.4) is 0 Å². The third-order valence-corrected chi connectivity index (χ3v) is 5.33. The molecule has 0 bridgehead atoms. The summed E-state index contributed by atoms with van der Waals surface area (Å²) in [5, 5.41) is 9.98. The van der Waals surface area contributed by atoms with E-state index in [-0.39, 0.29) is 11.4 Å². The number of thioether (sulfide) groups is 1. The maximum Gasteiger partial charge on any atom is 0.306 e. The molecule has 0 aromatic heterocycles. The Morgan fingerprint density at radius 2 is 2.14 bits per heavy atom. The molecular weight excluding hydrogens is 288 g/mol. The first kappa shape index (κ1) is 16.2. The van der Waals surface area contributed by atoms with Gasteiger partial charge in [0.1, 0.15) is 5.75 Å². The minimum absolute atomic E-state index is 0.0663. The zero-order chi connectivity index (χ0) is 15.5. The van der Waals surface area contributed by atoms with Crippen molar-refractivity contribution in [3.8, 4) is 5.75 Å². The Morgan fingerprint density at radius 3 is 2.67 bits per heavy atom. The van der Waals surface area contributed by atoms with Gasteiger partial charge in [0.15, 0.2) is 0 Å². The molecule has 0 saturated heterocycles. The average Bonchev–Trinajstić information content (AvgIpc) is 3.24. The maximum atomic E-state index is 11.5. The predicted octanol–water partition coefficient (Wildman–Crippen LogP) is 3.18. The summed E-state index contributed by atoms with van der Waals surface area (Å²) < 4.78 is 10.1. The molecule has 1 aromatic rings. The topological polar surface area (TPSA) is 55.8 Å². The summed E-state index contributed by atoms with van der Waals surface area (Å²) in [5.74, 6) is 1.41. The van der Waals surface area contributed by atoms with Gasteiger partial charge in [0.2, 0.25) is 0 Å². The number of esters is 1. The van der Waals surface area contributed by atoms with E-state index in [1.54, 1.807) is 25.8 Å². The van der Waals surface area contributed by atoms with Crippen LogP contribution in [0.2, 0.25) is 0 Å². The van der Waals surface area contributed by atoms with Crippen molar-refractivity contribution in [1.29, 1.82) is 0 Å². The molecule has 0 spiro atoms. The van der Waals surface area contributed by atoms with Gasteiger partial charge in [-0.2, -0.15) is 0 Å². The van der Waals surface area contributed by atoms with Gasteiger partial charge < -0.3 is 14.6 Å². The Morgan fingerprint density at radius 1 is 1.43 bits per heavy atom. The molecule has 1 fully saturated rings. The minimum atomic E-state index is -0.584. The predicted molar refractivity (Wildman–Crippen MR) is 82.7 cm³/mol. The second-order valence-electron chi connectivity index (χ2n) is 5.59. The lowest BCUT2D eigenvalue weighted by molar-refractivity contribution is -0.141. The zero-order valence-electron chi connectivity index (χ0n) is 12.7. The number of carbonyl (C=O) groups excluding carboxylic acids is 1. The van der Waals surface area contributed by atoms with Gasteiger partial charge in [-0.05, 0) is 37.3 Å². The Bertz CT molecular complexity index is 509. The smallest absolute Gasteiger partial charge is 0.306 e. The minimum Gasteiger partial charge on any atom is -0.496 e. The zero-order valence-corrected chi connectivity index (χ0v) is 13.5. The molecule has 4 nitrogen and oxygen atoms in total. The first-order valence-electron chi connectivity index (χ1n) is 7.06. The van der Waals surface area contributed by atoms with Gasteiger partial charge >= 0.3 is 5.97 Å². The fourth-order valence-corrected chi connectivity index (χ4v) is 3.85. The molecule has 0 aliphatic heterocycles. The van der Waals surface area contributed by atoms with Crippen molar-refractivity contribution < 1.29 is 19.4 Å². The van der Waals surface area contributed by atoms with Gasteiger partial charge in [-0.1, -0.05) is 6.07 Å². The van der Waals surface area contributed by atoms with Crippen LogP contribution in [0.5, 0.6) is 5.75 Å². The molecule has 5 heteroatoms. The number of ether oxygens (including phenoxy) is 2. The summed E-state index contributed by atoms with van der Waals surface area (Å²) in [6.45, 7) is 1.74. The molecule has 1 saturated carbocycles. The van der Waals surface area contributed by atoms with E-state index in [9.17, 15) is 9.90 Å². The first-order valence-corrected chi connectivity index (χ1v) is 8.04. The van der Waals surface area contributed by atoms with Crippen LogP contribution >= 0.6 is 11.8 Å².